The first kappa shape index (κ1) is 13.9. The van der Waals surface area contributed by atoms with Crippen molar-refractivity contribution in [2.45, 2.75) is 0 Å². The Kier molecular flexibility index (Phi) is 3.36. The minimum atomic E-state index is -3.50. The van der Waals surface area contributed by atoms with Crippen LogP contribution in [0.2, 0.25) is 0 Å². The fourth-order valence-electron chi connectivity index (χ4n) is 1.46. The standard InChI is InChI=1S/C11H7FN2O5S/c12-10-7-8(14(16)17)1-2-9(10)11(15)13-3-5-20(18,19)6-4-13/h1-7H. The number of nitro benzene ring substituents is 1. The second-order valence-corrected chi connectivity index (χ2v) is 5.52. The van der Waals surface area contributed by atoms with E-state index in [1.54, 1.807) is 0 Å². The number of rotatable bonds is 2. The van der Waals surface area contributed by atoms with E-state index in [9.17, 15) is 27.7 Å². The summed E-state index contributed by atoms with van der Waals surface area (Å²) in [6.07, 6.45) is 1.94. The highest BCUT2D eigenvalue weighted by atomic mass is 32.2. The van der Waals surface area contributed by atoms with Gasteiger partial charge in [0.1, 0.15) is 5.82 Å². The Balaban J connectivity index is 2.32. The number of carbonyl (C=O) groups excluding carboxylic acids is 1. The molecule has 0 saturated carbocycles. The minimum Gasteiger partial charge on any atom is -0.289 e. The third kappa shape index (κ3) is 2.72. The third-order valence-corrected chi connectivity index (χ3v) is 3.45. The summed E-state index contributed by atoms with van der Waals surface area (Å²) in [4.78, 5) is 22.5. The molecule has 1 aromatic carbocycles. The molecule has 1 aliphatic heterocycles. The van der Waals surface area contributed by atoms with Crippen molar-refractivity contribution in [1.29, 1.82) is 0 Å². The van der Waals surface area contributed by atoms with Gasteiger partial charge in [-0.1, -0.05) is 0 Å². The average Bonchev–Trinajstić information content (AvgIpc) is 2.37. The normalized spacial score (nSPS) is 16.1. The predicted molar refractivity (Wildman–Crippen MR) is 66.4 cm³/mol. The second-order valence-electron chi connectivity index (χ2n) is 3.79. The van der Waals surface area contributed by atoms with Crippen LogP contribution in [0, 0.1) is 15.9 Å². The molecule has 0 aromatic heterocycles. The summed E-state index contributed by atoms with van der Waals surface area (Å²) in [5, 5.41) is 12.0. The van der Waals surface area contributed by atoms with Crippen molar-refractivity contribution in [3.63, 3.8) is 0 Å². The Labute approximate surface area is 112 Å². The molecule has 1 amide bonds. The van der Waals surface area contributed by atoms with Gasteiger partial charge in [0.2, 0.25) is 0 Å². The van der Waals surface area contributed by atoms with Crippen LogP contribution in [0.4, 0.5) is 10.1 Å². The second kappa shape index (κ2) is 4.85. The van der Waals surface area contributed by atoms with Crippen molar-refractivity contribution in [3.05, 3.63) is 62.9 Å². The number of benzene rings is 1. The van der Waals surface area contributed by atoms with Gasteiger partial charge in [0.15, 0.2) is 9.84 Å². The lowest BCUT2D eigenvalue weighted by Crippen LogP contribution is -2.23. The fourth-order valence-corrected chi connectivity index (χ4v) is 2.15. The molecule has 0 spiro atoms. The summed E-state index contributed by atoms with van der Waals surface area (Å²) >= 11 is 0. The lowest BCUT2D eigenvalue weighted by molar-refractivity contribution is -0.385. The van der Waals surface area contributed by atoms with Crippen LogP contribution in [0.25, 0.3) is 0 Å². The van der Waals surface area contributed by atoms with Gasteiger partial charge in [0.05, 0.1) is 27.4 Å². The molecular weight excluding hydrogens is 291 g/mol. The maximum Gasteiger partial charge on any atom is 0.272 e. The number of halogens is 1. The van der Waals surface area contributed by atoms with E-state index in [1.807, 2.05) is 0 Å². The van der Waals surface area contributed by atoms with E-state index >= 15 is 0 Å². The highest BCUT2D eigenvalue weighted by Crippen LogP contribution is 2.19. The molecule has 0 bridgehead atoms. The largest absolute Gasteiger partial charge is 0.289 e. The molecule has 1 heterocycles. The topological polar surface area (TPSA) is 97.6 Å². The number of sulfone groups is 1. The Morgan fingerprint density at radius 1 is 1.25 bits per heavy atom. The van der Waals surface area contributed by atoms with Gasteiger partial charge in [-0.2, -0.15) is 0 Å². The molecular formula is C11H7FN2O5S. The first-order chi connectivity index (χ1) is 9.30. The number of amides is 1. The summed E-state index contributed by atoms with van der Waals surface area (Å²) in [6, 6.07) is 2.59. The number of non-ortho nitro benzene ring substituents is 1. The molecule has 20 heavy (non-hydrogen) atoms. The summed E-state index contributed by atoms with van der Waals surface area (Å²) in [5.74, 6) is -1.89. The molecule has 0 radical (unpaired) electrons. The van der Waals surface area contributed by atoms with Crippen molar-refractivity contribution in [2.75, 3.05) is 0 Å². The zero-order valence-corrected chi connectivity index (χ0v) is 10.6. The van der Waals surface area contributed by atoms with Gasteiger partial charge in [0.25, 0.3) is 11.6 Å². The van der Waals surface area contributed by atoms with Crippen LogP contribution < -0.4 is 0 Å². The molecule has 1 aromatic rings. The van der Waals surface area contributed by atoms with Gasteiger partial charge < -0.3 is 0 Å². The molecule has 9 heteroatoms. The molecule has 0 atom stereocenters. The monoisotopic (exact) mass is 298 g/mol. The van der Waals surface area contributed by atoms with Gasteiger partial charge in [0, 0.05) is 18.5 Å². The van der Waals surface area contributed by atoms with Crippen LogP contribution >= 0.6 is 0 Å². The molecule has 104 valence electrons. The van der Waals surface area contributed by atoms with Crippen LogP contribution in [0.1, 0.15) is 10.4 Å². The highest BCUT2D eigenvalue weighted by Gasteiger charge is 2.21. The fraction of sp³-hybridized carbons (Fsp3) is 0. The number of nitro groups is 1. The van der Waals surface area contributed by atoms with Crippen molar-refractivity contribution >= 4 is 21.4 Å². The van der Waals surface area contributed by atoms with E-state index in [4.69, 9.17) is 0 Å². The van der Waals surface area contributed by atoms with Crippen LogP contribution in [-0.2, 0) is 9.84 Å². The Bertz CT molecular complexity index is 734. The Morgan fingerprint density at radius 2 is 1.85 bits per heavy atom. The predicted octanol–water partition coefficient (Wildman–Crippen LogP) is 1.55. The maximum absolute atomic E-state index is 13.6. The van der Waals surface area contributed by atoms with Crippen molar-refractivity contribution < 1.29 is 22.5 Å². The van der Waals surface area contributed by atoms with Crippen molar-refractivity contribution in [2.24, 2.45) is 0 Å². The number of hydrogen-bond donors (Lipinski definition) is 0. The molecule has 1 aliphatic rings. The maximum atomic E-state index is 13.6. The number of carbonyl (C=O) groups is 1. The van der Waals surface area contributed by atoms with Gasteiger partial charge in [-0.05, 0) is 6.07 Å². The number of nitrogens with zero attached hydrogens (tertiary/aromatic N) is 2. The van der Waals surface area contributed by atoms with Crippen LogP contribution in [0.15, 0.2) is 41.4 Å². The van der Waals surface area contributed by atoms with E-state index in [2.05, 4.69) is 0 Å². The first-order valence-corrected chi connectivity index (χ1v) is 6.79. The smallest absolute Gasteiger partial charge is 0.272 e. The number of hydrogen-bond acceptors (Lipinski definition) is 5. The van der Waals surface area contributed by atoms with E-state index in [-0.39, 0.29) is 0 Å². The average molecular weight is 298 g/mol. The summed E-state index contributed by atoms with van der Waals surface area (Å²) in [6.45, 7) is 0. The lowest BCUT2D eigenvalue weighted by Gasteiger charge is -2.16. The molecule has 0 aliphatic carbocycles. The summed E-state index contributed by atoms with van der Waals surface area (Å²) < 4.78 is 35.8. The van der Waals surface area contributed by atoms with Crippen molar-refractivity contribution in [1.82, 2.24) is 4.90 Å². The van der Waals surface area contributed by atoms with Crippen LogP contribution in [0.5, 0.6) is 0 Å². The Hall–Kier alpha value is -2.55. The molecule has 7 nitrogen and oxygen atoms in total. The molecule has 2 rings (SSSR count). The lowest BCUT2D eigenvalue weighted by atomic mass is 10.1. The quantitative estimate of drug-likeness (QED) is 0.609. The SMILES string of the molecule is O=C(c1ccc([N+](=O)[O-])cc1F)N1C=CS(=O)(=O)C=C1. The van der Waals surface area contributed by atoms with Gasteiger partial charge >= 0.3 is 0 Å². The van der Waals surface area contributed by atoms with E-state index in [0.29, 0.717) is 6.07 Å². The van der Waals surface area contributed by atoms with Gasteiger partial charge in [-0.15, -0.1) is 0 Å². The summed E-state index contributed by atoms with van der Waals surface area (Å²) in [7, 11) is -3.50. The zero-order chi connectivity index (χ0) is 14.9. The zero-order valence-electron chi connectivity index (χ0n) is 9.76. The van der Waals surface area contributed by atoms with Crippen LogP contribution in [-0.4, -0.2) is 24.1 Å². The van der Waals surface area contributed by atoms with Crippen molar-refractivity contribution in [3.8, 4) is 0 Å². The molecule has 0 saturated heterocycles. The highest BCUT2D eigenvalue weighted by molar-refractivity contribution is 7.97. The molecule has 0 unspecified atom stereocenters. The van der Waals surface area contributed by atoms with E-state index < -0.39 is 37.7 Å². The first-order valence-electron chi connectivity index (χ1n) is 5.18. The van der Waals surface area contributed by atoms with E-state index in [0.717, 1.165) is 40.2 Å². The molecule has 0 fully saturated rings. The molecule has 0 N–H and O–H groups in total. The van der Waals surface area contributed by atoms with Gasteiger partial charge in [-0.3, -0.25) is 19.8 Å². The third-order valence-electron chi connectivity index (χ3n) is 2.45. The van der Waals surface area contributed by atoms with Crippen LogP contribution in [0.3, 0.4) is 0 Å². The Morgan fingerprint density at radius 3 is 2.35 bits per heavy atom. The summed E-state index contributed by atoms with van der Waals surface area (Å²) in [5.41, 5.74) is -0.879. The van der Waals surface area contributed by atoms with E-state index in [1.165, 1.54) is 0 Å². The van der Waals surface area contributed by atoms with Gasteiger partial charge in [-0.25, -0.2) is 12.8 Å². The minimum absolute atomic E-state index is 0.399.